The van der Waals surface area contributed by atoms with E-state index in [2.05, 4.69) is 22.9 Å². The van der Waals surface area contributed by atoms with Crippen LogP contribution in [-0.4, -0.2) is 24.8 Å². The zero-order chi connectivity index (χ0) is 7.11. The number of rotatable bonds is 5. The van der Waals surface area contributed by atoms with Crippen molar-refractivity contribution in [3.05, 3.63) is 0 Å². The largest absolute Gasteiger partial charge is 0.368 e. The molecule has 0 aliphatic heterocycles. The molecule has 0 aromatic heterocycles. The van der Waals surface area contributed by atoms with Crippen molar-refractivity contribution in [3.63, 3.8) is 0 Å². The lowest BCUT2D eigenvalue weighted by atomic mass is 10.7. The van der Waals surface area contributed by atoms with Crippen molar-refractivity contribution in [2.75, 3.05) is 18.9 Å². The highest BCUT2D eigenvalue weighted by molar-refractivity contribution is 7.80. The van der Waals surface area contributed by atoms with Crippen LogP contribution in [0.2, 0.25) is 0 Å². The lowest BCUT2D eigenvalue weighted by Gasteiger charge is -1.99. The Hall–Kier alpha value is -0.260. The monoisotopic (exact) mass is 150 g/mol. The number of nitrogens with two attached hydrogens (primary N) is 1. The maximum absolute atomic E-state index is 10.0. The van der Waals surface area contributed by atoms with E-state index in [4.69, 9.17) is 5.73 Å². The van der Waals surface area contributed by atoms with Gasteiger partial charge in [-0.1, -0.05) is 0 Å². The maximum Gasteiger partial charge on any atom is 0.233 e. The van der Waals surface area contributed by atoms with E-state index in [1.54, 1.807) is 0 Å². The van der Waals surface area contributed by atoms with Crippen molar-refractivity contribution in [3.8, 4) is 0 Å². The number of primary amides is 1. The Kier molecular flexibility index (Phi) is 5.70. The van der Waals surface area contributed by atoms with Crippen LogP contribution in [0.3, 0.4) is 0 Å². The Morgan fingerprint density at radius 1 is 1.78 bits per heavy atom. The highest BCUT2D eigenvalue weighted by Gasteiger charge is 1.89. The zero-order valence-electron chi connectivity index (χ0n) is 4.96. The average Bonchev–Trinajstić information content (AvgIpc) is 1.80. The number of hydroxylamine groups is 1. The molecule has 0 aromatic rings. The quantitative estimate of drug-likeness (QED) is 0.265. The van der Waals surface area contributed by atoms with Gasteiger partial charge in [0, 0.05) is 5.75 Å². The van der Waals surface area contributed by atoms with Gasteiger partial charge in [0.25, 0.3) is 0 Å². The van der Waals surface area contributed by atoms with Crippen LogP contribution in [0.5, 0.6) is 0 Å². The third-order valence-corrected chi connectivity index (χ3v) is 0.724. The summed E-state index contributed by atoms with van der Waals surface area (Å²) in [6.07, 6.45) is 0. The summed E-state index contributed by atoms with van der Waals surface area (Å²) >= 11 is 3.86. The van der Waals surface area contributed by atoms with Gasteiger partial charge in [-0.3, -0.25) is 4.79 Å². The number of carbonyl (C=O) groups excluding carboxylic acids is 1. The fourth-order valence-corrected chi connectivity index (χ4v) is 0.331. The second-order valence-corrected chi connectivity index (χ2v) is 1.81. The molecule has 0 spiro atoms. The molecule has 0 heterocycles. The van der Waals surface area contributed by atoms with E-state index in [-0.39, 0.29) is 6.54 Å². The molecule has 0 aromatic carbocycles. The van der Waals surface area contributed by atoms with Crippen LogP contribution >= 0.6 is 12.6 Å². The first-order valence-electron chi connectivity index (χ1n) is 2.51. The summed E-state index contributed by atoms with van der Waals surface area (Å²) < 4.78 is 0. The number of hydrogen-bond donors (Lipinski definition) is 3. The molecule has 0 radical (unpaired) electrons. The van der Waals surface area contributed by atoms with Gasteiger partial charge in [-0.25, -0.2) is 0 Å². The van der Waals surface area contributed by atoms with Gasteiger partial charge in [0.15, 0.2) is 0 Å². The smallest absolute Gasteiger partial charge is 0.233 e. The van der Waals surface area contributed by atoms with E-state index in [0.717, 1.165) is 0 Å². The van der Waals surface area contributed by atoms with Crippen LogP contribution in [0.15, 0.2) is 0 Å². The summed E-state index contributed by atoms with van der Waals surface area (Å²) in [6.45, 7) is 0.518. The summed E-state index contributed by atoms with van der Waals surface area (Å²) in [4.78, 5) is 14.7. The van der Waals surface area contributed by atoms with E-state index in [1.165, 1.54) is 0 Å². The molecule has 0 atom stereocenters. The molecule has 1 amide bonds. The van der Waals surface area contributed by atoms with Gasteiger partial charge < -0.3 is 10.6 Å². The third kappa shape index (κ3) is 7.74. The predicted octanol–water partition coefficient (Wildman–Crippen LogP) is -1.08. The van der Waals surface area contributed by atoms with E-state index in [1.807, 2.05) is 0 Å². The van der Waals surface area contributed by atoms with Crippen LogP contribution in [0, 0.1) is 0 Å². The van der Waals surface area contributed by atoms with Gasteiger partial charge in [-0.15, -0.1) is 0 Å². The molecule has 4 nitrogen and oxygen atoms in total. The number of hydrogen-bond acceptors (Lipinski definition) is 4. The SMILES string of the molecule is NC(=O)CNOCCS. The van der Waals surface area contributed by atoms with E-state index in [9.17, 15) is 4.79 Å². The lowest BCUT2D eigenvalue weighted by Crippen LogP contribution is -2.29. The fraction of sp³-hybridized carbons (Fsp3) is 0.750. The zero-order valence-corrected chi connectivity index (χ0v) is 5.86. The van der Waals surface area contributed by atoms with E-state index < -0.39 is 5.91 Å². The average molecular weight is 150 g/mol. The molecule has 5 heteroatoms. The molecule has 0 bridgehead atoms. The molecule has 0 unspecified atom stereocenters. The lowest BCUT2D eigenvalue weighted by molar-refractivity contribution is -0.119. The predicted molar refractivity (Wildman–Crippen MR) is 37.0 cm³/mol. The van der Waals surface area contributed by atoms with Crippen LogP contribution in [-0.2, 0) is 9.63 Å². The molecule has 54 valence electrons. The van der Waals surface area contributed by atoms with Crippen molar-refractivity contribution < 1.29 is 9.63 Å². The first kappa shape index (κ1) is 8.74. The molecular weight excluding hydrogens is 140 g/mol. The van der Waals surface area contributed by atoms with Crippen molar-refractivity contribution in [2.24, 2.45) is 5.73 Å². The molecular formula is C4H10N2O2S. The molecule has 0 saturated heterocycles. The van der Waals surface area contributed by atoms with E-state index in [0.29, 0.717) is 12.4 Å². The standard InChI is InChI=1S/C4H10N2O2S/c5-4(7)3-6-8-1-2-9/h6,9H,1-3H2,(H2,5,7). The molecule has 9 heavy (non-hydrogen) atoms. The normalized spacial score (nSPS) is 9.44. The maximum atomic E-state index is 10.0. The van der Waals surface area contributed by atoms with Crippen molar-refractivity contribution in [1.29, 1.82) is 0 Å². The van der Waals surface area contributed by atoms with E-state index >= 15 is 0 Å². The first-order chi connectivity index (χ1) is 4.27. The van der Waals surface area contributed by atoms with Crippen LogP contribution < -0.4 is 11.2 Å². The molecule has 0 fully saturated rings. The summed E-state index contributed by atoms with van der Waals surface area (Å²) in [7, 11) is 0. The van der Waals surface area contributed by atoms with Gasteiger partial charge in [0.05, 0.1) is 13.2 Å². The number of thiol groups is 1. The molecule has 0 rings (SSSR count). The van der Waals surface area contributed by atoms with Crippen molar-refractivity contribution >= 4 is 18.5 Å². The third-order valence-electron chi connectivity index (χ3n) is 0.542. The van der Waals surface area contributed by atoms with Gasteiger partial charge in [0.1, 0.15) is 0 Å². The highest BCUT2D eigenvalue weighted by Crippen LogP contribution is 1.71. The van der Waals surface area contributed by atoms with Crippen LogP contribution in [0.4, 0.5) is 0 Å². The summed E-state index contributed by atoms with van der Waals surface area (Å²) in [5.41, 5.74) is 7.14. The highest BCUT2D eigenvalue weighted by atomic mass is 32.1. The minimum absolute atomic E-state index is 0.0494. The summed E-state index contributed by atoms with van der Waals surface area (Å²) in [5.74, 6) is 0.181. The molecule has 0 aliphatic rings. The van der Waals surface area contributed by atoms with Gasteiger partial charge in [-0.2, -0.15) is 18.1 Å². The Morgan fingerprint density at radius 3 is 2.89 bits per heavy atom. The minimum Gasteiger partial charge on any atom is -0.368 e. The topological polar surface area (TPSA) is 64.4 Å². The summed E-state index contributed by atoms with van der Waals surface area (Å²) in [6, 6.07) is 0. The first-order valence-corrected chi connectivity index (χ1v) is 3.14. The van der Waals surface area contributed by atoms with Gasteiger partial charge in [-0.05, 0) is 0 Å². The Morgan fingerprint density at radius 2 is 2.44 bits per heavy atom. The Balaban J connectivity index is 2.83. The van der Waals surface area contributed by atoms with Crippen molar-refractivity contribution in [1.82, 2.24) is 5.48 Å². The van der Waals surface area contributed by atoms with Gasteiger partial charge in [0.2, 0.25) is 5.91 Å². The van der Waals surface area contributed by atoms with Crippen LogP contribution in [0.1, 0.15) is 0 Å². The number of carbonyl (C=O) groups is 1. The fourth-order valence-electron chi connectivity index (χ4n) is 0.240. The second kappa shape index (κ2) is 5.87. The van der Waals surface area contributed by atoms with Crippen molar-refractivity contribution in [2.45, 2.75) is 0 Å². The summed E-state index contributed by atoms with van der Waals surface area (Å²) in [5, 5.41) is 0. The molecule has 0 aliphatic carbocycles. The molecule has 0 saturated carbocycles. The number of nitrogens with one attached hydrogen (secondary N) is 1. The second-order valence-electron chi connectivity index (χ2n) is 1.36. The van der Waals surface area contributed by atoms with Gasteiger partial charge >= 0.3 is 0 Å². The molecule has 3 N–H and O–H groups in total. The van der Waals surface area contributed by atoms with Crippen LogP contribution in [0.25, 0.3) is 0 Å². The number of amides is 1. The Bertz CT molecular complexity index is 88.6. The minimum atomic E-state index is -0.436. The Labute approximate surface area is 59.1 Å².